The SMILES string of the molecule is COC(=O)c1ccc(NCC(=O)Nc2ccc(C)cc2Br)cc1. The van der Waals surface area contributed by atoms with E-state index in [0.717, 1.165) is 21.4 Å². The second-order valence-corrected chi connectivity index (χ2v) is 5.81. The maximum Gasteiger partial charge on any atom is 0.337 e. The first-order valence-electron chi connectivity index (χ1n) is 6.98. The highest BCUT2D eigenvalue weighted by atomic mass is 79.9. The van der Waals surface area contributed by atoms with E-state index in [-0.39, 0.29) is 12.5 Å². The van der Waals surface area contributed by atoms with Gasteiger partial charge >= 0.3 is 5.97 Å². The molecule has 2 aromatic carbocycles. The number of hydrogen-bond acceptors (Lipinski definition) is 4. The second kappa shape index (κ2) is 7.78. The van der Waals surface area contributed by atoms with Crippen molar-refractivity contribution in [1.82, 2.24) is 0 Å². The molecule has 0 bridgehead atoms. The van der Waals surface area contributed by atoms with Crippen LogP contribution in [0, 0.1) is 6.92 Å². The number of nitrogens with one attached hydrogen (secondary N) is 2. The maximum absolute atomic E-state index is 12.0. The third-order valence-electron chi connectivity index (χ3n) is 3.16. The topological polar surface area (TPSA) is 67.4 Å². The Labute approximate surface area is 143 Å². The van der Waals surface area contributed by atoms with Crippen molar-refractivity contribution in [2.75, 3.05) is 24.3 Å². The lowest BCUT2D eigenvalue weighted by Crippen LogP contribution is -2.22. The van der Waals surface area contributed by atoms with E-state index < -0.39 is 5.97 Å². The van der Waals surface area contributed by atoms with E-state index in [1.807, 2.05) is 25.1 Å². The van der Waals surface area contributed by atoms with Gasteiger partial charge in [-0.2, -0.15) is 0 Å². The molecule has 0 atom stereocenters. The molecule has 0 aliphatic rings. The van der Waals surface area contributed by atoms with Crippen LogP contribution in [0.3, 0.4) is 0 Å². The molecule has 0 saturated heterocycles. The number of esters is 1. The molecule has 0 heterocycles. The molecule has 1 amide bonds. The Hall–Kier alpha value is -2.34. The second-order valence-electron chi connectivity index (χ2n) is 4.95. The van der Waals surface area contributed by atoms with Crippen LogP contribution in [-0.4, -0.2) is 25.5 Å². The first kappa shape index (κ1) is 17.0. The van der Waals surface area contributed by atoms with Gasteiger partial charge in [-0.15, -0.1) is 0 Å². The van der Waals surface area contributed by atoms with Crippen molar-refractivity contribution < 1.29 is 14.3 Å². The molecule has 0 aliphatic heterocycles. The lowest BCUT2D eigenvalue weighted by molar-refractivity contribution is -0.114. The Kier molecular flexibility index (Phi) is 5.76. The molecule has 23 heavy (non-hydrogen) atoms. The third-order valence-corrected chi connectivity index (χ3v) is 3.81. The molecule has 0 saturated carbocycles. The van der Waals surface area contributed by atoms with Crippen LogP contribution < -0.4 is 10.6 Å². The number of carbonyl (C=O) groups is 2. The summed E-state index contributed by atoms with van der Waals surface area (Å²) < 4.78 is 5.47. The molecular formula is C17H17BrN2O3. The summed E-state index contributed by atoms with van der Waals surface area (Å²) in [5.74, 6) is -0.551. The quantitative estimate of drug-likeness (QED) is 0.782. The maximum atomic E-state index is 12.0. The van der Waals surface area contributed by atoms with Crippen molar-refractivity contribution in [2.45, 2.75) is 6.92 Å². The van der Waals surface area contributed by atoms with Crippen LogP contribution in [0.4, 0.5) is 11.4 Å². The highest BCUT2D eigenvalue weighted by Crippen LogP contribution is 2.23. The smallest absolute Gasteiger partial charge is 0.337 e. The number of hydrogen-bond donors (Lipinski definition) is 2. The zero-order chi connectivity index (χ0) is 16.8. The van der Waals surface area contributed by atoms with E-state index in [9.17, 15) is 9.59 Å². The summed E-state index contributed by atoms with van der Waals surface area (Å²) in [6.07, 6.45) is 0. The van der Waals surface area contributed by atoms with Gasteiger partial charge in [0.1, 0.15) is 0 Å². The van der Waals surface area contributed by atoms with Gasteiger partial charge in [-0.1, -0.05) is 6.07 Å². The largest absolute Gasteiger partial charge is 0.465 e. The number of benzene rings is 2. The molecule has 5 nitrogen and oxygen atoms in total. The molecule has 0 unspecified atom stereocenters. The van der Waals surface area contributed by atoms with Gasteiger partial charge in [0.25, 0.3) is 0 Å². The van der Waals surface area contributed by atoms with Crippen LogP contribution in [0.25, 0.3) is 0 Å². The molecular weight excluding hydrogens is 360 g/mol. The molecule has 0 fully saturated rings. The van der Waals surface area contributed by atoms with E-state index in [0.29, 0.717) is 5.56 Å². The summed E-state index contributed by atoms with van der Waals surface area (Å²) in [5.41, 5.74) is 3.05. The van der Waals surface area contributed by atoms with Crippen LogP contribution in [0.2, 0.25) is 0 Å². The molecule has 0 aromatic heterocycles. The van der Waals surface area contributed by atoms with Crippen LogP contribution in [0.1, 0.15) is 15.9 Å². The predicted molar refractivity (Wildman–Crippen MR) is 93.8 cm³/mol. The highest BCUT2D eigenvalue weighted by molar-refractivity contribution is 9.10. The fourth-order valence-corrected chi connectivity index (χ4v) is 2.53. The Morgan fingerprint density at radius 1 is 1.13 bits per heavy atom. The van der Waals surface area contributed by atoms with Crippen molar-refractivity contribution in [3.05, 3.63) is 58.1 Å². The first-order chi connectivity index (χ1) is 11.0. The molecule has 120 valence electrons. The minimum Gasteiger partial charge on any atom is -0.465 e. The van der Waals surface area contributed by atoms with Crippen LogP contribution >= 0.6 is 15.9 Å². The number of ether oxygens (including phenoxy) is 1. The minimum absolute atomic E-state index is 0.123. The first-order valence-corrected chi connectivity index (χ1v) is 7.77. The summed E-state index contributed by atoms with van der Waals surface area (Å²) in [5, 5.41) is 5.82. The van der Waals surface area contributed by atoms with Gasteiger partial charge in [-0.25, -0.2) is 4.79 Å². The number of aryl methyl sites for hydroxylation is 1. The molecule has 2 rings (SSSR count). The van der Waals surface area contributed by atoms with E-state index in [2.05, 4.69) is 31.3 Å². The van der Waals surface area contributed by atoms with Crippen molar-refractivity contribution in [1.29, 1.82) is 0 Å². The van der Waals surface area contributed by atoms with Gasteiger partial charge < -0.3 is 15.4 Å². The number of amides is 1. The third kappa shape index (κ3) is 4.82. The number of carbonyl (C=O) groups excluding carboxylic acids is 2. The summed E-state index contributed by atoms with van der Waals surface area (Å²) in [4.78, 5) is 23.3. The zero-order valence-corrected chi connectivity index (χ0v) is 14.4. The lowest BCUT2D eigenvalue weighted by Gasteiger charge is -2.10. The molecule has 6 heteroatoms. The molecule has 0 aliphatic carbocycles. The average molecular weight is 377 g/mol. The Balaban J connectivity index is 1.90. The normalized spacial score (nSPS) is 10.0. The van der Waals surface area contributed by atoms with Gasteiger partial charge in [0, 0.05) is 10.2 Å². The number of rotatable bonds is 5. The summed E-state index contributed by atoms with van der Waals surface area (Å²) in [7, 11) is 1.34. The summed E-state index contributed by atoms with van der Waals surface area (Å²) in [6, 6.07) is 12.4. The molecule has 0 spiro atoms. The molecule has 2 N–H and O–H groups in total. The highest BCUT2D eigenvalue weighted by Gasteiger charge is 2.07. The Morgan fingerprint density at radius 2 is 1.83 bits per heavy atom. The van der Waals surface area contributed by atoms with Gasteiger partial charge in [0.05, 0.1) is 24.9 Å². The standard InChI is InChI=1S/C17H17BrN2O3/c1-11-3-8-15(14(18)9-11)20-16(21)10-19-13-6-4-12(5-7-13)17(22)23-2/h3-9,19H,10H2,1-2H3,(H,20,21). The van der Waals surface area contributed by atoms with Crippen LogP contribution in [0.15, 0.2) is 46.9 Å². The fourth-order valence-electron chi connectivity index (χ4n) is 1.94. The van der Waals surface area contributed by atoms with Crippen LogP contribution in [0.5, 0.6) is 0 Å². The van der Waals surface area contributed by atoms with Crippen molar-refractivity contribution >= 4 is 39.2 Å². The predicted octanol–water partition coefficient (Wildman–Crippen LogP) is 3.59. The summed E-state index contributed by atoms with van der Waals surface area (Å²) >= 11 is 3.42. The Bertz CT molecular complexity index is 714. The number of anilines is 2. The van der Waals surface area contributed by atoms with Gasteiger partial charge in [-0.05, 0) is 64.8 Å². The van der Waals surface area contributed by atoms with E-state index >= 15 is 0 Å². The molecule has 2 aromatic rings. The average Bonchev–Trinajstić information content (AvgIpc) is 2.55. The number of halogens is 1. The van der Waals surface area contributed by atoms with E-state index in [1.165, 1.54) is 7.11 Å². The van der Waals surface area contributed by atoms with Gasteiger partial charge in [0.2, 0.25) is 5.91 Å². The van der Waals surface area contributed by atoms with Gasteiger partial charge in [0.15, 0.2) is 0 Å². The minimum atomic E-state index is -0.390. The van der Waals surface area contributed by atoms with Crippen molar-refractivity contribution in [3.8, 4) is 0 Å². The molecule has 0 radical (unpaired) electrons. The van der Waals surface area contributed by atoms with Crippen molar-refractivity contribution in [2.24, 2.45) is 0 Å². The zero-order valence-electron chi connectivity index (χ0n) is 12.9. The number of methoxy groups -OCH3 is 1. The monoisotopic (exact) mass is 376 g/mol. The van der Waals surface area contributed by atoms with Crippen LogP contribution in [-0.2, 0) is 9.53 Å². The van der Waals surface area contributed by atoms with Crippen molar-refractivity contribution in [3.63, 3.8) is 0 Å². The fraction of sp³-hybridized carbons (Fsp3) is 0.176. The Morgan fingerprint density at radius 3 is 2.43 bits per heavy atom. The van der Waals surface area contributed by atoms with Gasteiger partial charge in [-0.3, -0.25) is 4.79 Å². The van der Waals surface area contributed by atoms with E-state index in [4.69, 9.17) is 0 Å². The lowest BCUT2D eigenvalue weighted by atomic mass is 10.2. The van der Waals surface area contributed by atoms with E-state index in [1.54, 1.807) is 24.3 Å². The summed E-state index contributed by atoms with van der Waals surface area (Å²) in [6.45, 7) is 2.10.